The van der Waals surface area contributed by atoms with Crippen molar-refractivity contribution in [3.63, 3.8) is 0 Å². The van der Waals surface area contributed by atoms with E-state index in [4.69, 9.17) is 4.52 Å². The summed E-state index contributed by atoms with van der Waals surface area (Å²) >= 11 is 0. The highest BCUT2D eigenvalue weighted by Crippen LogP contribution is 2.44. The maximum atomic E-state index is 13.6. The summed E-state index contributed by atoms with van der Waals surface area (Å²) in [7, 11) is -1.82. The van der Waals surface area contributed by atoms with E-state index in [9.17, 15) is 18.0 Å². The van der Waals surface area contributed by atoms with Crippen molar-refractivity contribution in [2.45, 2.75) is 38.6 Å². The largest absolute Gasteiger partial charge is 0.361 e. The highest BCUT2D eigenvalue weighted by Gasteiger charge is 2.58. The molecule has 1 aromatic heterocycles. The molecule has 154 valence electrons. The summed E-state index contributed by atoms with van der Waals surface area (Å²) in [5.74, 6) is 0.167. The second-order valence-corrected chi connectivity index (χ2v) is 10.2. The molecule has 2 atom stereocenters. The second kappa shape index (κ2) is 6.84. The number of likely N-dealkylation sites (tertiary alicyclic amines) is 2. The number of sulfonamides is 1. The normalized spacial score (nSPS) is 30.3. The first-order chi connectivity index (χ1) is 13.2. The standard InChI is InChI=1S/C18H26N4O5S/c1-13-11-14(19-27-13)16(23)22-9-5-15-18(12-22,6-10-28(25,26)20(15)2)17(24)21-7-3-4-8-21/h11,15H,3-10,12H2,1-2H3/t15-,18+/m1/s1. The summed E-state index contributed by atoms with van der Waals surface area (Å²) < 4.78 is 31.3. The molecule has 0 radical (unpaired) electrons. The van der Waals surface area contributed by atoms with Crippen LogP contribution in [0.4, 0.5) is 0 Å². The number of aromatic nitrogens is 1. The van der Waals surface area contributed by atoms with Gasteiger partial charge in [0.25, 0.3) is 5.91 Å². The fraction of sp³-hybridized carbons (Fsp3) is 0.722. The lowest BCUT2D eigenvalue weighted by Crippen LogP contribution is -2.67. The number of hydrogen-bond donors (Lipinski definition) is 0. The Kier molecular flexibility index (Phi) is 4.73. The first kappa shape index (κ1) is 19.4. The number of hydrogen-bond acceptors (Lipinski definition) is 6. The van der Waals surface area contributed by atoms with Gasteiger partial charge >= 0.3 is 0 Å². The van der Waals surface area contributed by atoms with Gasteiger partial charge in [0.1, 0.15) is 5.76 Å². The van der Waals surface area contributed by atoms with Crippen LogP contribution in [0.15, 0.2) is 10.6 Å². The molecule has 0 aromatic carbocycles. The van der Waals surface area contributed by atoms with Crippen molar-refractivity contribution in [2.24, 2.45) is 5.41 Å². The summed E-state index contributed by atoms with van der Waals surface area (Å²) in [5.41, 5.74) is -0.687. The zero-order chi connectivity index (χ0) is 20.1. The number of carbonyl (C=O) groups is 2. The van der Waals surface area contributed by atoms with E-state index < -0.39 is 21.5 Å². The highest BCUT2D eigenvalue weighted by molar-refractivity contribution is 7.89. The van der Waals surface area contributed by atoms with Crippen LogP contribution in [0.25, 0.3) is 0 Å². The van der Waals surface area contributed by atoms with Gasteiger partial charge in [0.15, 0.2) is 5.69 Å². The van der Waals surface area contributed by atoms with Crippen LogP contribution in [0, 0.1) is 12.3 Å². The molecule has 0 unspecified atom stereocenters. The Morgan fingerprint density at radius 1 is 1.21 bits per heavy atom. The number of fused-ring (bicyclic) bond motifs is 1. The van der Waals surface area contributed by atoms with Gasteiger partial charge in [-0.1, -0.05) is 5.16 Å². The number of rotatable bonds is 2. The van der Waals surface area contributed by atoms with Crippen molar-refractivity contribution in [1.82, 2.24) is 19.3 Å². The predicted octanol–water partition coefficient (Wildman–Crippen LogP) is 0.472. The monoisotopic (exact) mass is 410 g/mol. The van der Waals surface area contributed by atoms with Gasteiger partial charge in [0.2, 0.25) is 15.9 Å². The summed E-state index contributed by atoms with van der Waals surface area (Å²) in [4.78, 5) is 30.0. The van der Waals surface area contributed by atoms with Gasteiger partial charge in [0.05, 0.1) is 11.2 Å². The quantitative estimate of drug-likeness (QED) is 0.702. The van der Waals surface area contributed by atoms with E-state index in [0.717, 1.165) is 12.8 Å². The Hall–Kier alpha value is -1.94. The van der Waals surface area contributed by atoms with Crippen LogP contribution in [-0.4, -0.2) is 84.5 Å². The molecule has 0 spiro atoms. The molecule has 3 saturated heterocycles. The Balaban J connectivity index is 1.67. The van der Waals surface area contributed by atoms with Crippen molar-refractivity contribution in [3.05, 3.63) is 17.5 Å². The minimum absolute atomic E-state index is 0.0226. The number of piperidine rings is 1. The van der Waals surface area contributed by atoms with Gasteiger partial charge in [0, 0.05) is 45.3 Å². The van der Waals surface area contributed by atoms with Crippen molar-refractivity contribution < 1.29 is 22.5 Å². The maximum absolute atomic E-state index is 13.6. The lowest BCUT2D eigenvalue weighted by Gasteiger charge is -2.53. The summed E-state index contributed by atoms with van der Waals surface area (Å²) in [6.07, 6.45) is 2.59. The highest BCUT2D eigenvalue weighted by atomic mass is 32.2. The molecule has 10 heteroatoms. The Labute approximate surface area is 164 Å². The third-order valence-electron chi connectivity index (χ3n) is 6.42. The van der Waals surface area contributed by atoms with Crippen molar-refractivity contribution in [1.29, 1.82) is 0 Å². The molecular formula is C18H26N4O5S. The van der Waals surface area contributed by atoms with Crippen LogP contribution in [-0.2, 0) is 14.8 Å². The Morgan fingerprint density at radius 3 is 2.57 bits per heavy atom. The van der Waals surface area contributed by atoms with E-state index in [1.54, 1.807) is 24.9 Å². The molecular weight excluding hydrogens is 384 g/mol. The van der Waals surface area contributed by atoms with E-state index in [0.29, 0.717) is 31.8 Å². The minimum Gasteiger partial charge on any atom is -0.361 e. The molecule has 4 rings (SSSR count). The maximum Gasteiger partial charge on any atom is 0.276 e. The van der Waals surface area contributed by atoms with E-state index in [-0.39, 0.29) is 36.2 Å². The number of aryl methyl sites for hydroxylation is 1. The average Bonchev–Trinajstić information content (AvgIpc) is 3.35. The third kappa shape index (κ3) is 3.02. The van der Waals surface area contributed by atoms with E-state index >= 15 is 0 Å². The van der Waals surface area contributed by atoms with E-state index in [1.807, 2.05) is 4.90 Å². The number of carbonyl (C=O) groups excluding carboxylic acids is 2. The summed E-state index contributed by atoms with van der Waals surface area (Å²) in [6, 6.07) is 1.16. The molecule has 1 aromatic rings. The Morgan fingerprint density at radius 2 is 1.93 bits per heavy atom. The summed E-state index contributed by atoms with van der Waals surface area (Å²) in [6.45, 7) is 3.69. The minimum atomic E-state index is -3.38. The van der Waals surface area contributed by atoms with Crippen LogP contribution in [0.3, 0.4) is 0 Å². The fourth-order valence-corrected chi connectivity index (χ4v) is 6.46. The molecule has 4 heterocycles. The van der Waals surface area contributed by atoms with Crippen LogP contribution in [0.5, 0.6) is 0 Å². The number of amides is 2. The molecule has 28 heavy (non-hydrogen) atoms. The Bertz CT molecular complexity index is 892. The zero-order valence-corrected chi connectivity index (χ0v) is 17.1. The topological polar surface area (TPSA) is 104 Å². The lowest BCUT2D eigenvalue weighted by molar-refractivity contribution is -0.148. The van der Waals surface area contributed by atoms with Crippen LogP contribution in [0.2, 0.25) is 0 Å². The van der Waals surface area contributed by atoms with Gasteiger partial charge < -0.3 is 14.3 Å². The first-order valence-electron chi connectivity index (χ1n) is 9.72. The van der Waals surface area contributed by atoms with Crippen LogP contribution < -0.4 is 0 Å². The van der Waals surface area contributed by atoms with Crippen molar-refractivity contribution in [3.8, 4) is 0 Å². The molecule has 2 amide bonds. The molecule has 9 nitrogen and oxygen atoms in total. The van der Waals surface area contributed by atoms with Crippen molar-refractivity contribution in [2.75, 3.05) is 39.0 Å². The SMILES string of the molecule is Cc1cc(C(=O)N2CC[C@H]3N(C)S(=O)(=O)CC[C@]3(C(=O)N3CCCC3)C2)no1. The van der Waals surface area contributed by atoms with Gasteiger partial charge in [-0.2, -0.15) is 0 Å². The third-order valence-corrected chi connectivity index (χ3v) is 8.27. The van der Waals surface area contributed by atoms with Crippen LogP contribution in [0.1, 0.15) is 41.9 Å². The lowest BCUT2D eigenvalue weighted by atomic mass is 9.71. The second-order valence-electron chi connectivity index (χ2n) is 8.09. The van der Waals surface area contributed by atoms with Gasteiger partial charge in [-0.25, -0.2) is 12.7 Å². The average molecular weight is 410 g/mol. The molecule has 3 aliphatic rings. The molecule has 0 N–H and O–H groups in total. The summed E-state index contributed by atoms with van der Waals surface area (Å²) in [5, 5.41) is 3.81. The van der Waals surface area contributed by atoms with Gasteiger partial charge in [-0.3, -0.25) is 9.59 Å². The molecule has 0 bridgehead atoms. The van der Waals surface area contributed by atoms with E-state index in [1.165, 1.54) is 4.31 Å². The molecule has 0 aliphatic carbocycles. The van der Waals surface area contributed by atoms with Crippen LogP contribution >= 0.6 is 0 Å². The van der Waals surface area contributed by atoms with E-state index in [2.05, 4.69) is 5.16 Å². The van der Waals surface area contributed by atoms with Gasteiger partial charge in [-0.15, -0.1) is 0 Å². The number of nitrogens with zero attached hydrogens (tertiary/aromatic N) is 4. The molecule has 0 saturated carbocycles. The first-order valence-corrected chi connectivity index (χ1v) is 11.3. The predicted molar refractivity (Wildman–Crippen MR) is 100.0 cm³/mol. The smallest absolute Gasteiger partial charge is 0.276 e. The van der Waals surface area contributed by atoms with Crippen molar-refractivity contribution >= 4 is 21.8 Å². The molecule has 3 aliphatic heterocycles. The molecule has 3 fully saturated rings. The van der Waals surface area contributed by atoms with Gasteiger partial charge in [-0.05, 0) is 32.6 Å². The fourth-order valence-electron chi connectivity index (χ4n) is 4.86. The zero-order valence-electron chi connectivity index (χ0n) is 16.3.